The van der Waals surface area contributed by atoms with Gasteiger partial charge in [-0.2, -0.15) is 0 Å². The lowest BCUT2D eigenvalue weighted by Gasteiger charge is -2.09. The van der Waals surface area contributed by atoms with Gasteiger partial charge in [-0.3, -0.25) is 0 Å². The molecule has 0 radical (unpaired) electrons. The van der Waals surface area contributed by atoms with E-state index in [1.54, 1.807) is 0 Å². The first kappa shape index (κ1) is 9.20. The summed E-state index contributed by atoms with van der Waals surface area (Å²) in [7, 11) is 0. The average Bonchev–Trinajstić information content (AvgIpc) is 3.02. The number of hydrogen-bond donors (Lipinski definition) is 0. The topological polar surface area (TPSA) is 12.5 Å². The van der Waals surface area contributed by atoms with Crippen molar-refractivity contribution in [3.63, 3.8) is 0 Å². The van der Waals surface area contributed by atoms with Crippen LogP contribution < -0.4 is 0 Å². The largest absolute Gasteiger partial charge is 0.368 e. The van der Waals surface area contributed by atoms with E-state index in [1.807, 2.05) is 12.1 Å². The second-order valence-electron chi connectivity index (χ2n) is 3.96. The molecule has 15 heavy (non-hydrogen) atoms. The lowest BCUT2D eigenvalue weighted by molar-refractivity contribution is 0.415. The Hall–Kier alpha value is -1.05. The second kappa shape index (κ2) is 3.22. The SMILES string of the molecule is Cc1cc2ccccc2c(Cl)c1[C@@H]1CO1. The molecule has 0 amide bonds. The van der Waals surface area contributed by atoms with E-state index >= 15 is 0 Å². The summed E-state index contributed by atoms with van der Waals surface area (Å²) in [6.45, 7) is 2.90. The molecule has 0 saturated carbocycles. The van der Waals surface area contributed by atoms with E-state index in [-0.39, 0.29) is 6.10 Å². The Bertz CT molecular complexity index is 529. The van der Waals surface area contributed by atoms with Crippen LogP contribution in [0.5, 0.6) is 0 Å². The quantitative estimate of drug-likeness (QED) is 0.662. The van der Waals surface area contributed by atoms with E-state index in [0.717, 1.165) is 22.6 Å². The molecule has 1 aliphatic heterocycles. The fourth-order valence-electron chi connectivity index (χ4n) is 2.06. The molecule has 1 atom stereocenters. The summed E-state index contributed by atoms with van der Waals surface area (Å²) >= 11 is 6.40. The smallest absolute Gasteiger partial charge is 0.108 e. The van der Waals surface area contributed by atoms with Gasteiger partial charge in [0.15, 0.2) is 0 Å². The van der Waals surface area contributed by atoms with Crippen LogP contribution in [-0.2, 0) is 4.74 Å². The molecule has 1 saturated heterocycles. The molecule has 0 spiro atoms. The Morgan fingerprint density at radius 2 is 2.07 bits per heavy atom. The summed E-state index contributed by atoms with van der Waals surface area (Å²) in [5.41, 5.74) is 2.39. The minimum Gasteiger partial charge on any atom is -0.368 e. The molecule has 2 aromatic rings. The van der Waals surface area contributed by atoms with Gasteiger partial charge in [0.1, 0.15) is 6.10 Å². The van der Waals surface area contributed by atoms with Gasteiger partial charge in [-0.05, 0) is 17.9 Å². The van der Waals surface area contributed by atoms with E-state index in [0.29, 0.717) is 0 Å². The molecule has 1 fully saturated rings. The third-order valence-corrected chi connectivity index (χ3v) is 3.29. The molecule has 1 nitrogen and oxygen atoms in total. The third-order valence-electron chi connectivity index (χ3n) is 2.89. The van der Waals surface area contributed by atoms with Crippen LogP contribution >= 0.6 is 11.6 Å². The van der Waals surface area contributed by atoms with E-state index in [1.165, 1.54) is 10.9 Å². The normalized spacial score (nSPS) is 19.5. The molecule has 2 heteroatoms. The molecule has 0 aromatic heterocycles. The first-order valence-corrected chi connectivity index (χ1v) is 5.44. The molecule has 1 aliphatic rings. The average molecular weight is 219 g/mol. The molecular formula is C13H11ClO. The van der Waals surface area contributed by atoms with Crippen molar-refractivity contribution in [1.29, 1.82) is 0 Å². The second-order valence-corrected chi connectivity index (χ2v) is 4.34. The zero-order valence-corrected chi connectivity index (χ0v) is 9.21. The van der Waals surface area contributed by atoms with Crippen LogP contribution in [0.2, 0.25) is 5.02 Å². The highest BCUT2D eigenvalue weighted by molar-refractivity contribution is 6.36. The molecule has 1 heterocycles. The standard InChI is InChI=1S/C13H11ClO/c1-8-6-9-4-2-3-5-10(9)13(14)12(8)11-7-15-11/h2-6,11H,7H2,1H3/t11-/m0/s1. The van der Waals surface area contributed by atoms with Crippen LogP contribution in [0.25, 0.3) is 10.8 Å². The maximum absolute atomic E-state index is 6.40. The van der Waals surface area contributed by atoms with E-state index < -0.39 is 0 Å². The number of aryl methyl sites for hydroxylation is 1. The van der Waals surface area contributed by atoms with Gasteiger partial charge in [-0.1, -0.05) is 41.9 Å². The van der Waals surface area contributed by atoms with Gasteiger partial charge in [0.2, 0.25) is 0 Å². The van der Waals surface area contributed by atoms with E-state index in [2.05, 4.69) is 25.1 Å². The molecule has 2 aromatic carbocycles. The summed E-state index contributed by atoms with van der Waals surface area (Å²) in [5.74, 6) is 0. The van der Waals surface area contributed by atoms with Gasteiger partial charge < -0.3 is 4.74 Å². The predicted molar refractivity (Wildman–Crippen MR) is 62.4 cm³/mol. The van der Waals surface area contributed by atoms with Crippen molar-refractivity contribution in [3.8, 4) is 0 Å². The maximum atomic E-state index is 6.40. The van der Waals surface area contributed by atoms with Crippen molar-refractivity contribution in [3.05, 3.63) is 46.5 Å². The number of epoxide rings is 1. The molecule has 3 rings (SSSR count). The molecule has 0 N–H and O–H groups in total. The van der Waals surface area contributed by atoms with Gasteiger partial charge in [0.25, 0.3) is 0 Å². The van der Waals surface area contributed by atoms with Crippen molar-refractivity contribution < 1.29 is 4.74 Å². The number of ether oxygens (including phenoxy) is 1. The van der Waals surface area contributed by atoms with Crippen LogP contribution in [0, 0.1) is 6.92 Å². The van der Waals surface area contributed by atoms with Crippen LogP contribution in [0.1, 0.15) is 17.2 Å². The lowest BCUT2D eigenvalue weighted by atomic mass is 10.00. The summed E-state index contributed by atoms with van der Waals surface area (Å²) in [6.07, 6.45) is 0.224. The molecular weight excluding hydrogens is 208 g/mol. The van der Waals surface area contributed by atoms with Crippen molar-refractivity contribution in [2.24, 2.45) is 0 Å². The number of halogens is 1. The van der Waals surface area contributed by atoms with Crippen LogP contribution in [0.3, 0.4) is 0 Å². The van der Waals surface area contributed by atoms with Gasteiger partial charge in [0.05, 0.1) is 11.6 Å². The molecule has 0 unspecified atom stereocenters. The van der Waals surface area contributed by atoms with Gasteiger partial charge in [-0.25, -0.2) is 0 Å². The van der Waals surface area contributed by atoms with Crippen molar-refractivity contribution in [1.82, 2.24) is 0 Å². The number of rotatable bonds is 1. The van der Waals surface area contributed by atoms with Crippen molar-refractivity contribution in [2.45, 2.75) is 13.0 Å². The number of benzene rings is 2. The number of hydrogen-bond acceptors (Lipinski definition) is 1. The number of fused-ring (bicyclic) bond motifs is 1. The fourth-order valence-corrected chi connectivity index (χ4v) is 2.50. The van der Waals surface area contributed by atoms with Gasteiger partial charge in [-0.15, -0.1) is 0 Å². The van der Waals surface area contributed by atoms with Crippen LogP contribution in [0.4, 0.5) is 0 Å². The summed E-state index contributed by atoms with van der Waals surface area (Å²) < 4.78 is 5.32. The fraction of sp³-hybridized carbons (Fsp3) is 0.231. The van der Waals surface area contributed by atoms with Crippen LogP contribution in [-0.4, -0.2) is 6.61 Å². The highest BCUT2D eigenvalue weighted by Crippen LogP contribution is 2.40. The molecule has 76 valence electrons. The summed E-state index contributed by atoms with van der Waals surface area (Å²) in [6, 6.07) is 10.4. The Morgan fingerprint density at radius 3 is 2.80 bits per heavy atom. The van der Waals surface area contributed by atoms with E-state index in [4.69, 9.17) is 16.3 Å². The van der Waals surface area contributed by atoms with Crippen LogP contribution in [0.15, 0.2) is 30.3 Å². The lowest BCUT2D eigenvalue weighted by Crippen LogP contribution is -1.90. The maximum Gasteiger partial charge on any atom is 0.108 e. The minimum absolute atomic E-state index is 0.224. The zero-order valence-electron chi connectivity index (χ0n) is 8.46. The zero-order chi connectivity index (χ0) is 10.4. The Balaban J connectivity index is 2.36. The van der Waals surface area contributed by atoms with Gasteiger partial charge >= 0.3 is 0 Å². The summed E-state index contributed by atoms with van der Waals surface area (Å²) in [5, 5.41) is 3.17. The van der Waals surface area contributed by atoms with E-state index in [9.17, 15) is 0 Å². The third kappa shape index (κ3) is 1.43. The molecule has 0 bridgehead atoms. The Labute approximate surface area is 93.6 Å². The van der Waals surface area contributed by atoms with Crippen molar-refractivity contribution in [2.75, 3.05) is 6.61 Å². The first-order chi connectivity index (χ1) is 7.27. The molecule has 0 aliphatic carbocycles. The minimum atomic E-state index is 0.224. The Morgan fingerprint density at radius 1 is 1.33 bits per heavy atom. The first-order valence-electron chi connectivity index (χ1n) is 5.06. The van der Waals surface area contributed by atoms with Crippen molar-refractivity contribution >= 4 is 22.4 Å². The predicted octanol–water partition coefficient (Wildman–Crippen LogP) is 3.87. The Kier molecular flexibility index (Phi) is 1.98. The summed E-state index contributed by atoms with van der Waals surface area (Å²) in [4.78, 5) is 0. The highest BCUT2D eigenvalue weighted by atomic mass is 35.5. The monoisotopic (exact) mass is 218 g/mol. The van der Waals surface area contributed by atoms with Gasteiger partial charge in [0, 0.05) is 10.9 Å². The highest BCUT2D eigenvalue weighted by Gasteiger charge is 2.29.